The van der Waals surface area contributed by atoms with Gasteiger partial charge in [0.1, 0.15) is 0 Å². The molecule has 1 fully saturated rings. The number of hydrogen-bond acceptors (Lipinski definition) is 2. The Morgan fingerprint density at radius 1 is 1.29 bits per heavy atom. The highest BCUT2D eigenvalue weighted by Gasteiger charge is 2.33. The highest BCUT2D eigenvalue weighted by molar-refractivity contribution is 5.89. The van der Waals surface area contributed by atoms with Crippen LogP contribution in [0.25, 0.3) is 0 Å². The van der Waals surface area contributed by atoms with Gasteiger partial charge in [-0.05, 0) is 49.8 Å². The maximum absolute atomic E-state index is 11.9. The first-order valence-electron chi connectivity index (χ1n) is 7.29. The number of urea groups is 1. The maximum atomic E-state index is 11.9. The predicted molar refractivity (Wildman–Crippen MR) is 81.5 cm³/mol. The average Bonchev–Trinajstić information content (AvgIpc) is 2.36. The molecule has 1 unspecified atom stereocenters. The van der Waals surface area contributed by atoms with Crippen LogP contribution in [0.5, 0.6) is 0 Å². The Kier molecular flexibility index (Phi) is 4.50. The first kappa shape index (κ1) is 15.4. The number of hydrogen-bond donors (Lipinski definition) is 3. The Bertz CT molecular complexity index is 521. The van der Waals surface area contributed by atoms with Gasteiger partial charge in [-0.3, -0.25) is 4.79 Å². The number of carboxylic acids is 1. The van der Waals surface area contributed by atoms with E-state index in [1.165, 1.54) is 0 Å². The van der Waals surface area contributed by atoms with Gasteiger partial charge in [0.2, 0.25) is 0 Å². The summed E-state index contributed by atoms with van der Waals surface area (Å²) in [4.78, 5) is 22.6. The molecule has 3 N–H and O–H groups in total. The van der Waals surface area contributed by atoms with Crippen molar-refractivity contribution in [3.05, 3.63) is 29.8 Å². The molecule has 1 atom stereocenters. The van der Waals surface area contributed by atoms with E-state index in [-0.39, 0.29) is 23.9 Å². The number of carbonyl (C=O) groups is 2. The van der Waals surface area contributed by atoms with E-state index in [9.17, 15) is 9.59 Å². The Morgan fingerprint density at radius 2 is 1.90 bits per heavy atom. The number of carbonyl (C=O) groups excluding carboxylic acids is 1. The molecular weight excluding hydrogens is 268 g/mol. The lowest BCUT2D eigenvalue weighted by molar-refractivity contribution is -0.137. The van der Waals surface area contributed by atoms with E-state index >= 15 is 0 Å². The second-order valence-electron chi connectivity index (χ2n) is 6.11. The van der Waals surface area contributed by atoms with Crippen LogP contribution >= 0.6 is 0 Å². The Morgan fingerprint density at radius 3 is 2.38 bits per heavy atom. The molecule has 2 amide bonds. The smallest absolute Gasteiger partial charge is 0.319 e. The normalized spacial score (nSPS) is 17.4. The van der Waals surface area contributed by atoms with Crippen LogP contribution in [0.2, 0.25) is 0 Å². The van der Waals surface area contributed by atoms with E-state index in [0.29, 0.717) is 5.69 Å². The van der Waals surface area contributed by atoms with Crippen molar-refractivity contribution in [3.63, 3.8) is 0 Å². The van der Waals surface area contributed by atoms with Gasteiger partial charge in [0.05, 0.1) is 6.42 Å². The third-order valence-electron chi connectivity index (χ3n) is 4.09. The summed E-state index contributed by atoms with van der Waals surface area (Å²) >= 11 is 0. The van der Waals surface area contributed by atoms with Crippen LogP contribution in [-0.4, -0.2) is 22.6 Å². The molecule has 5 heteroatoms. The number of nitrogens with one attached hydrogen (secondary N) is 2. The zero-order chi connectivity index (χ0) is 15.5. The molecule has 1 aliphatic rings. The summed E-state index contributed by atoms with van der Waals surface area (Å²) in [7, 11) is 0. The summed E-state index contributed by atoms with van der Waals surface area (Å²) < 4.78 is 0. The minimum atomic E-state index is -0.808. The summed E-state index contributed by atoms with van der Waals surface area (Å²) in [6.45, 7) is 3.92. The second-order valence-corrected chi connectivity index (χ2v) is 6.11. The number of amides is 2. The highest BCUT2D eigenvalue weighted by atomic mass is 16.4. The minimum Gasteiger partial charge on any atom is -0.481 e. The summed E-state index contributed by atoms with van der Waals surface area (Å²) in [5.41, 5.74) is 1.59. The molecule has 0 radical (unpaired) electrons. The van der Waals surface area contributed by atoms with Gasteiger partial charge in [0.25, 0.3) is 0 Å². The van der Waals surface area contributed by atoms with Crippen molar-refractivity contribution in [2.75, 3.05) is 5.32 Å². The largest absolute Gasteiger partial charge is 0.481 e. The molecule has 114 valence electrons. The van der Waals surface area contributed by atoms with Crippen LogP contribution in [0.15, 0.2) is 24.3 Å². The van der Waals surface area contributed by atoms with Crippen LogP contribution in [-0.2, 0) is 4.79 Å². The first-order valence-corrected chi connectivity index (χ1v) is 7.29. The van der Waals surface area contributed by atoms with Crippen molar-refractivity contribution in [2.24, 2.45) is 0 Å². The standard InChI is InChI=1S/C16H22N2O3/c1-11(10-14(19)20)12-4-6-13(7-5-12)17-15(21)18-16(2)8-3-9-16/h4-7,11H,3,8-10H2,1-2H3,(H,19,20)(H2,17,18,21). The van der Waals surface area contributed by atoms with E-state index < -0.39 is 5.97 Å². The molecule has 5 nitrogen and oxygen atoms in total. The van der Waals surface area contributed by atoms with Crippen LogP contribution in [0.3, 0.4) is 0 Å². The molecule has 0 saturated heterocycles. The second kappa shape index (κ2) is 6.16. The molecule has 0 bridgehead atoms. The Labute approximate surface area is 124 Å². The number of rotatable bonds is 5. The summed E-state index contributed by atoms with van der Waals surface area (Å²) in [6.07, 6.45) is 3.30. The van der Waals surface area contributed by atoms with Crippen molar-refractivity contribution in [1.29, 1.82) is 0 Å². The van der Waals surface area contributed by atoms with Crippen molar-refractivity contribution in [2.45, 2.75) is 51.0 Å². The molecule has 1 aromatic carbocycles. The number of anilines is 1. The molecule has 0 heterocycles. The van der Waals surface area contributed by atoms with Crippen LogP contribution < -0.4 is 10.6 Å². The SMILES string of the molecule is CC(CC(=O)O)c1ccc(NC(=O)NC2(C)CCC2)cc1. The lowest BCUT2D eigenvalue weighted by Gasteiger charge is -2.39. The molecule has 1 aromatic rings. The fourth-order valence-electron chi connectivity index (χ4n) is 2.54. The highest BCUT2D eigenvalue weighted by Crippen LogP contribution is 2.31. The summed E-state index contributed by atoms with van der Waals surface area (Å²) in [5.74, 6) is -0.850. The topological polar surface area (TPSA) is 78.4 Å². The maximum Gasteiger partial charge on any atom is 0.319 e. The van der Waals surface area contributed by atoms with Crippen molar-refractivity contribution < 1.29 is 14.7 Å². The molecule has 0 spiro atoms. The molecule has 21 heavy (non-hydrogen) atoms. The van der Waals surface area contributed by atoms with Crippen LogP contribution in [0.4, 0.5) is 10.5 Å². The van der Waals surface area contributed by atoms with Gasteiger partial charge in [-0.25, -0.2) is 4.79 Å². The monoisotopic (exact) mass is 290 g/mol. The Balaban J connectivity index is 1.89. The van der Waals surface area contributed by atoms with Crippen LogP contribution in [0.1, 0.15) is 51.0 Å². The average molecular weight is 290 g/mol. The molecule has 1 saturated carbocycles. The van der Waals surface area contributed by atoms with E-state index in [4.69, 9.17) is 5.11 Å². The van der Waals surface area contributed by atoms with Gasteiger partial charge < -0.3 is 15.7 Å². The van der Waals surface area contributed by atoms with Gasteiger partial charge in [-0.1, -0.05) is 19.1 Å². The van der Waals surface area contributed by atoms with Gasteiger partial charge >= 0.3 is 12.0 Å². The Hall–Kier alpha value is -2.04. The number of carboxylic acid groups (broad SMARTS) is 1. The van der Waals surface area contributed by atoms with E-state index in [1.54, 1.807) is 12.1 Å². The number of aliphatic carboxylic acids is 1. The number of benzene rings is 1. The van der Waals surface area contributed by atoms with Gasteiger partial charge in [-0.15, -0.1) is 0 Å². The van der Waals surface area contributed by atoms with E-state index in [2.05, 4.69) is 10.6 Å². The lowest BCUT2D eigenvalue weighted by atomic mass is 9.79. The van der Waals surface area contributed by atoms with Crippen molar-refractivity contribution in [1.82, 2.24) is 5.32 Å². The van der Waals surface area contributed by atoms with Crippen molar-refractivity contribution in [3.8, 4) is 0 Å². The van der Waals surface area contributed by atoms with E-state index in [0.717, 1.165) is 24.8 Å². The van der Waals surface area contributed by atoms with E-state index in [1.807, 2.05) is 26.0 Å². The van der Waals surface area contributed by atoms with Gasteiger partial charge in [0, 0.05) is 11.2 Å². The third kappa shape index (κ3) is 4.21. The quantitative estimate of drug-likeness (QED) is 0.778. The summed E-state index contributed by atoms with van der Waals surface area (Å²) in [6, 6.07) is 7.12. The molecule has 2 rings (SSSR count). The fourth-order valence-corrected chi connectivity index (χ4v) is 2.54. The zero-order valence-electron chi connectivity index (χ0n) is 12.5. The predicted octanol–water partition coefficient (Wildman–Crippen LogP) is 3.33. The minimum absolute atomic E-state index is 0.0423. The molecular formula is C16H22N2O3. The fraction of sp³-hybridized carbons (Fsp3) is 0.500. The molecule has 0 aromatic heterocycles. The molecule has 1 aliphatic carbocycles. The van der Waals surface area contributed by atoms with Crippen molar-refractivity contribution >= 4 is 17.7 Å². The zero-order valence-corrected chi connectivity index (χ0v) is 12.5. The first-order chi connectivity index (χ1) is 9.88. The summed E-state index contributed by atoms with van der Waals surface area (Å²) in [5, 5.41) is 14.6. The third-order valence-corrected chi connectivity index (χ3v) is 4.09. The molecule has 0 aliphatic heterocycles. The van der Waals surface area contributed by atoms with Crippen LogP contribution in [0, 0.1) is 0 Å². The van der Waals surface area contributed by atoms with Gasteiger partial charge in [0.15, 0.2) is 0 Å². The lowest BCUT2D eigenvalue weighted by Crippen LogP contribution is -2.52. The van der Waals surface area contributed by atoms with Gasteiger partial charge in [-0.2, -0.15) is 0 Å².